The van der Waals surface area contributed by atoms with E-state index in [4.69, 9.17) is 4.74 Å². The van der Waals surface area contributed by atoms with E-state index in [1.807, 2.05) is 0 Å². The summed E-state index contributed by atoms with van der Waals surface area (Å²) in [5.41, 5.74) is 0. The van der Waals surface area contributed by atoms with Crippen molar-refractivity contribution in [2.24, 2.45) is 0 Å². The minimum absolute atomic E-state index is 0.471. The molecule has 4 nitrogen and oxygen atoms in total. The van der Waals surface area contributed by atoms with Gasteiger partial charge in [0.15, 0.2) is 0 Å². The van der Waals surface area contributed by atoms with Gasteiger partial charge in [-0.15, -0.1) is 0 Å². The number of nitrogens with zero attached hydrogens (tertiary/aromatic N) is 2. The number of ether oxygens (including phenoxy) is 1. The third kappa shape index (κ3) is 1.90. The van der Waals surface area contributed by atoms with Crippen LogP contribution >= 0.6 is 0 Å². The summed E-state index contributed by atoms with van der Waals surface area (Å²) in [6.45, 7) is 3.68. The molecule has 0 spiro atoms. The maximum absolute atomic E-state index is 11.6. The van der Waals surface area contributed by atoms with E-state index in [-0.39, 0.29) is 0 Å². The van der Waals surface area contributed by atoms with Crippen LogP contribution in [0.15, 0.2) is 0 Å². The Morgan fingerprint density at radius 3 is 2.31 bits per heavy atom. The maximum Gasteiger partial charge on any atom is 0.136 e. The second-order valence-electron chi connectivity index (χ2n) is 5.13. The number of ketones is 1. The van der Waals surface area contributed by atoms with E-state index < -0.39 is 0 Å². The Morgan fingerprint density at radius 1 is 1.06 bits per heavy atom. The van der Waals surface area contributed by atoms with Crippen molar-refractivity contribution >= 4 is 5.78 Å². The zero-order valence-corrected chi connectivity index (χ0v) is 9.73. The van der Waals surface area contributed by atoms with Gasteiger partial charge in [-0.2, -0.15) is 0 Å². The molecule has 0 N–H and O–H groups in total. The van der Waals surface area contributed by atoms with Crippen molar-refractivity contribution in [1.82, 2.24) is 10.0 Å². The van der Waals surface area contributed by atoms with Crippen LogP contribution in [0.25, 0.3) is 0 Å². The highest BCUT2D eigenvalue weighted by atomic mass is 16.5. The largest absolute Gasteiger partial charge is 0.379 e. The quantitative estimate of drug-likeness (QED) is 0.660. The summed E-state index contributed by atoms with van der Waals surface area (Å²) < 4.78 is 5.40. The molecule has 2 unspecified atom stereocenters. The predicted molar refractivity (Wildman–Crippen MR) is 59.9 cm³/mol. The number of hydrazine groups is 1. The molecule has 0 amide bonds. The number of piperidine rings is 2. The Hall–Kier alpha value is -0.450. The molecule has 3 fully saturated rings. The van der Waals surface area contributed by atoms with Crippen LogP contribution in [0, 0.1) is 0 Å². The molecular weight excluding hydrogens is 204 g/mol. The molecule has 16 heavy (non-hydrogen) atoms. The third-order valence-electron chi connectivity index (χ3n) is 4.06. The van der Waals surface area contributed by atoms with Gasteiger partial charge in [-0.05, 0) is 12.8 Å². The van der Waals surface area contributed by atoms with Crippen LogP contribution in [0.3, 0.4) is 0 Å². The van der Waals surface area contributed by atoms with E-state index in [0.29, 0.717) is 17.9 Å². The minimum atomic E-state index is 0.471. The van der Waals surface area contributed by atoms with Gasteiger partial charge >= 0.3 is 0 Å². The van der Waals surface area contributed by atoms with E-state index in [9.17, 15) is 4.79 Å². The van der Waals surface area contributed by atoms with Crippen molar-refractivity contribution in [1.29, 1.82) is 0 Å². The summed E-state index contributed by atoms with van der Waals surface area (Å²) in [5.74, 6) is 0.471. The number of Topliss-reactive ketones (excluding diaryl/α,β-unsaturated/α-hetero) is 1. The van der Waals surface area contributed by atoms with Gasteiger partial charge in [0.2, 0.25) is 0 Å². The van der Waals surface area contributed by atoms with E-state index >= 15 is 0 Å². The highest BCUT2D eigenvalue weighted by Crippen LogP contribution is 2.33. The Bertz CT molecular complexity index is 260. The molecule has 3 saturated heterocycles. The molecule has 2 atom stereocenters. The lowest BCUT2D eigenvalue weighted by molar-refractivity contribution is -0.171. The standard InChI is InChI=1S/C12H20N2O2/c15-12-8-10-2-1-3-11(9-12)14(10)13-4-6-16-7-5-13/h10-11H,1-9H2. The fourth-order valence-corrected chi connectivity index (χ4v) is 3.40. The number of morpholine rings is 1. The topological polar surface area (TPSA) is 32.8 Å². The second kappa shape index (κ2) is 4.43. The monoisotopic (exact) mass is 224 g/mol. The van der Waals surface area contributed by atoms with Gasteiger partial charge in [-0.1, -0.05) is 6.42 Å². The van der Waals surface area contributed by atoms with Gasteiger partial charge in [0.1, 0.15) is 5.78 Å². The first-order valence-corrected chi connectivity index (χ1v) is 6.47. The fourth-order valence-electron chi connectivity index (χ4n) is 3.40. The van der Waals surface area contributed by atoms with Crippen molar-refractivity contribution < 1.29 is 9.53 Å². The van der Waals surface area contributed by atoms with Gasteiger partial charge in [-0.25, -0.2) is 10.0 Å². The summed E-state index contributed by atoms with van der Waals surface area (Å²) in [4.78, 5) is 11.6. The maximum atomic E-state index is 11.6. The lowest BCUT2D eigenvalue weighted by Gasteiger charge is -2.51. The number of fused-ring (bicyclic) bond motifs is 2. The summed E-state index contributed by atoms with van der Waals surface area (Å²) in [6.07, 6.45) is 5.23. The summed E-state index contributed by atoms with van der Waals surface area (Å²) >= 11 is 0. The van der Waals surface area contributed by atoms with E-state index in [0.717, 1.165) is 39.1 Å². The fraction of sp³-hybridized carbons (Fsp3) is 0.917. The number of carbonyl (C=O) groups excluding carboxylic acids is 1. The Balaban J connectivity index is 1.75. The Labute approximate surface area is 96.5 Å². The van der Waals surface area contributed by atoms with E-state index in [2.05, 4.69) is 10.0 Å². The molecule has 0 aromatic carbocycles. The Morgan fingerprint density at radius 2 is 1.69 bits per heavy atom. The van der Waals surface area contributed by atoms with Gasteiger partial charge in [0.05, 0.1) is 13.2 Å². The molecule has 4 heteroatoms. The smallest absolute Gasteiger partial charge is 0.136 e. The molecule has 0 saturated carbocycles. The van der Waals surface area contributed by atoms with Crippen LogP contribution in [-0.4, -0.2) is 54.2 Å². The molecule has 2 bridgehead atoms. The highest BCUT2D eigenvalue weighted by Gasteiger charge is 2.40. The normalized spacial score (nSPS) is 37.6. The average Bonchev–Trinajstić information content (AvgIpc) is 2.29. The summed E-state index contributed by atoms with van der Waals surface area (Å²) in [7, 11) is 0. The van der Waals surface area contributed by atoms with Crippen molar-refractivity contribution in [2.75, 3.05) is 26.3 Å². The average molecular weight is 224 g/mol. The SMILES string of the molecule is O=C1CC2CCCC(C1)N2N1CCOCC1. The molecule has 3 aliphatic heterocycles. The predicted octanol–water partition coefficient (Wildman–Crippen LogP) is 0.820. The molecule has 0 aromatic rings. The number of rotatable bonds is 1. The van der Waals surface area contributed by atoms with Crippen LogP contribution in [0.1, 0.15) is 32.1 Å². The van der Waals surface area contributed by atoms with Crippen molar-refractivity contribution in [3.63, 3.8) is 0 Å². The molecule has 3 aliphatic rings. The molecule has 0 radical (unpaired) electrons. The van der Waals surface area contributed by atoms with E-state index in [1.54, 1.807) is 0 Å². The second-order valence-corrected chi connectivity index (χ2v) is 5.13. The third-order valence-corrected chi connectivity index (χ3v) is 4.06. The lowest BCUT2D eigenvalue weighted by atomic mass is 9.85. The van der Waals surface area contributed by atoms with Gasteiger partial charge in [0, 0.05) is 38.0 Å². The number of hydrogen-bond acceptors (Lipinski definition) is 4. The van der Waals surface area contributed by atoms with Crippen LogP contribution in [0.4, 0.5) is 0 Å². The number of hydrogen-bond donors (Lipinski definition) is 0. The van der Waals surface area contributed by atoms with Crippen molar-refractivity contribution in [3.8, 4) is 0 Å². The Kier molecular flexibility index (Phi) is 2.96. The molecule has 3 heterocycles. The minimum Gasteiger partial charge on any atom is -0.379 e. The zero-order chi connectivity index (χ0) is 11.0. The van der Waals surface area contributed by atoms with Crippen LogP contribution < -0.4 is 0 Å². The van der Waals surface area contributed by atoms with Gasteiger partial charge in [0.25, 0.3) is 0 Å². The molecule has 0 aromatic heterocycles. The lowest BCUT2D eigenvalue weighted by Crippen LogP contribution is -2.62. The first kappa shape index (κ1) is 10.7. The number of carbonyl (C=O) groups is 1. The molecule has 3 rings (SSSR count). The van der Waals surface area contributed by atoms with E-state index in [1.165, 1.54) is 19.3 Å². The summed E-state index contributed by atoms with van der Waals surface area (Å²) in [5, 5.41) is 4.96. The van der Waals surface area contributed by atoms with Crippen molar-refractivity contribution in [2.45, 2.75) is 44.2 Å². The van der Waals surface area contributed by atoms with Crippen molar-refractivity contribution in [3.05, 3.63) is 0 Å². The highest BCUT2D eigenvalue weighted by molar-refractivity contribution is 5.80. The van der Waals surface area contributed by atoms with Gasteiger partial charge < -0.3 is 4.74 Å². The summed E-state index contributed by atoms with van der Waals surface area (Å²) in [6, 6.07) is 0.969. The first-order chi connectivity index (χ1) is 7.84. The zero-order valence-electron chi connectivity index (χ0n) is 9.73. The first-order valence-electron chi connectivity index (χ1n) is 6.47. The van der Waals surface area contributed by atoms with Crippen LogP contribution in [0.5, 0.6) is 0 Å². The molecular formula is C12H20N2O2. The van der Waals surface area contributed by atoms with Gasteiger partial charge in [-0.3, -0.25) is 4.79 Å². The molecule has 90 valence electrons. The van der Waals surface area contributed by atoms with Crippen LogP contribution in [0.2, 0.25) is 0 Å². The van der Waals surface area contributed by atoms with Crippen LogP contribution in [-0.2, 0) is 9.53 Å². The molecule has 0 aliphatic carbocycles.